The molecule has 144 valence electrons. The van der Waals surface area contributed by atoms with Crippen molar-refractivity contribution in [1.29, 1.82) is 0 Å². The lowest BCUT2D eigenvalue weighted by Gasteiger charge is -2.22. The van der Waals surface area contributed by atoms with E-state index in [4.69, 9.17) is 4.52 Å². The Labute approximate surface area is 162 Å². The maximum atomic E-state index is 13.0. The van der Waals surface area contributed by atoms with Crippen molar-refractivity contribution in [3.05, 3.63) is 71.4 Å². The van der Waals surface area contributed by atoms with Gasteiger partial charge in [0, 0.05) is 18.7 Å². The molecular formula is C21H21FN4O2. The normalized spacial score (nSPS) is 16.4. The SMILES string of the molecule is Cc1ccccc1-c1noc(C2CCCN2C(=O)NCc2ccc(F)cc2)n1. The number of hydrogen-bond acceptors (Lipinski definition) is 4. The largest absolute Gasteiger partial charge is 0.337 e. The maximum Gasteiger partial charge on any atom is 0.318 e. The fourth-order valence-electron chi connectivity index (χ4n) is 3.45. The molecule has 0 radical (unpaired) electrons. The first-order chi connectivity index (χ1) is 13.6. The lowest BCUT2D eigenvalue weighted by Crippen LogP contribution is -2.39. The number of nitrogens with zero attached hydrogens (tertiary/aromatic N) is 3. The van der Waals surface area contributed by atoms with E-state index < -0.39 is 0 Å². The maximum absolute atomic E-state index is 13.0. The topological polar surface area (TPSA) is 71.3 Å². The van der Waals surface area contributed by atoms with Gasteiger partial charge in [-0.15, -0.1) is 0 Å². The molecule has 1 N–H and O–H groups in total. The molecule has 1 atom stereocenters. The number of halogens is 1. The first-order valence-electron chi connectivity index (χ1n) is 9.30. The third-order valence-corrected chi connectivity index (χ3v) is 4.98. The second-order valence-corrected chi connectivity index (χ2v) is 6.91. The van der Waals surface area contributed by atoms with Gasteiger partial charge in [0.25, 0.3) is 0 Å². The number of nitrogens with one attached hydrogen (secondary N) is 1. The molecule has 4 rings (SSSR count). The minimum Gasteiger partial charge on any atom is -0.337 e. The summed E-state index contributed by atoms with van der Waals surface area (Å²) in [7, 11) is 0. The number of rotatable bonds is 4. The predicted octanol–water partition coefficient (Wildman–Crippen LogP) is 4.23. The molecule has 1 fully saturated rings. The second-order valence-electron chi connectivity index (χ2n) is 6.91. The molecule has 6 nitrogen and oxygen atoms in total. The van der Waals surface area contributed by atoms with Crippen LogP contribution >= 0.6 is 0 Å². The highest BCUT2D eigenvalue weighted by Crippen LogP contribution is 2.32. The van der Waals surface area contributed by atoms with Crippen LogP contribution in [0.15, 0.2) is 53.1 Å². The number of likely N-dealkylation sites (tertiary alicyclic amines) is 1. The minimum atomic E-state index is -0.296. The standard InChI is InChI=1S/C21H21FN4O2/c1-14-5-2-3-6-17(14)19-24-20(28-25-19)18-7-4-12-26(18)21(27)23-13-15-8-10-16(22)11-9-15/h2-3,5-6,8-11,18H,4,7,12-13H2,1H3,(H,23,27). The summed E-state index contributed by atoms with van der Waals surface area (Å²) in [6.07, 6.45) is 1.65. The molecule has 1 saturated heterocycles. The third-order valence-electron chi connectivity index (χ3n) is 4.98. The van der Waals surface area contributed by atoms with Crippen molar-refractivity contribution in [1.82, 2.24) is 20.4 Å². The van der Waals surface area contributed by atoms with E-state index in [2.05, 4.69) is 15.5 Å². The number of aryl methyl sites for hydroxylation is 1. The first kappa shape index (κ1) is 18.2. The summed E-state index contributed by atoms with van der Waals surface area (Å²) < 4.78 is 18.5. The van der Waals surface area contributed by atoms with Gasteiger partial charge < -0.3 is 14.7 Å². The van der Waals surface area contributed by atoms with Gasteiger partial charge in [0.2, 0.25) is 11.7 Å². The van der Waals surface area contributed by atoms with Gasteiger partial charge in [-0.2, -0.15) is 4.98 Å². The molecule has 2 amide bonds. The lowest BCUT2D eigenvalue weighted by molar-refractivity contribution is 0.180. The van der Waals surface area contributed by atoms with E-state index in [1.54, 1.807) is 17.0 Å². The fraction of sp³-hybridized carbons (Fsp3) is 0.286. The number of amides is 2. The number of carbonyl (C=O) groups is 1. The van der Waals surface area contributed by atoms with Crippen LogP contribution in [0.4, 0.5) is 9.18 Å². The average Bonchev–Trinajstić information content (AvgIpc) is 3.37. The van der Waals surface area contributed by atoms with Crippen LogP contribution in [0, 0.1) is 12.7 Å². The van der Waals surface area contributed by atoms with Crippen molar-refractivity contribution in [2.45, 2.75) is 32.4 Å². The fourth-order valence-corrected chi connectivity index (χ4v) is 3.45. The Balaban J connectivity index is 1.45. The number of urea groups is 1. The van der Waals surface area contributed by atoms with Crippen molar-refractivity contribution in [3.8, 4) is 11.4 Å². The molecule has 0 aliphatic carbocycles. The first-order valence-corrected chi connectivity index (χ1v) is 9.30. The van der Waals surface area contributed by atoms with Gasteiger partial charge in [0.15, 0.2) is 0 Å². The minimum absolute atomic E-state index is 0.192. The van der Waals surface area contributed by atoms with Crippen LogP contribution in [0.25, 0.3) is 11.4 Å². The lowest BCUT2D eigenvalue weighted by atomic mass is 10.1. The number of benzene rings is 2. The highest BCUT2D eigenvalue weighted by atomic mass is 19.1. The molecule has 1 aliphatic heterocycles. The number of carbonyl (C=O) groups excluding carboxylic acids is 1. The van der Waals surface area contributed by atoms with E-state index in [-0.39, 0.29) is 17.9 Å². The van der Waals surface area contributed by atoms with Crippen molar-refractivity contribution >= 4 is 6.03 Å². The van der Waals surface area contributed by atoms with Crippen LogP contribution in [0.3, 0.4) is 0 Å². The van der Waals surface area contributed by atoms with Crippen LogP contribution in [0.1, 0.15) is 35.9 Å². The summed E-state index contributed by atoms with van der Waals surface area (Å²) in [6.45, 7) is 2.96. The van der Waals surface area contributed by atoms with E-state index >= 15 is 0 Å². The molecule has 3 aromatic rings. The molecule has 1 unspecified atom stereocenters. The zero-order valence-corrected chi connectivity index (χ0v) is 15.6. The average molecular weight is 380 g/mol. The van der Waals surface area contributed by atoms with Crippen molar-refractivity contribution in [3.63, 3.8) is 0 Å². The Morgan fingerprint density at radius 1 is 1.25 bits per heavy atom. The zero-order chi connectivity index (χ0) is 19.5. The van der Waals surface area contributed by atoms with Gasteiger partial charge >= 0.3 is 6.03 Å². The smallest absolute Gasteiger partial charge is 0.318 e. The predicted molar refractivity (Wildman–Crippen MR) is 102 cm³/mol. The summed E-state index contributed by atoms with van der Waals surface area (Å²) in [5.74, 6) is 0.690. The molecule has 2 aromatic carbocycles. The summed E-state index contributed by atoms with van der Waals surface area (Å²) in [5.41, 5.74) is 2.82. The number of aromatic nitrogens is 2. The summed E-state index contributed by atoms with van der Waals surface area (Å²) in [6, 6.07) is 13.5. The molecule has 2 heterocycles. The Hall–Kier alpha value is -3.22. The summed E-state index contributed by atoms with van der Waals surface area (Å²) in [4.78, 5) is 18.9. The van der Waals surface area contributed by atoms with E-state index in [0.29, 0.717) is 24.8 Å². The molecular weight excluding hydrogens is 359 g/mol. The van der Waals surface area contributed by atoms with Crippen LogP contribution in [-0.2, 0) is 6.54 Å². The summed E-state index contributed by atoms with van der Waals surface area (Å²) in [5, 5.41) is 6.99. The van der Waals surface area contributed by atoms with Gasteiger partial charge in [-0.1, -0.05) is 41.6 Å². The van der Waals surface area contributed by atoms with Crippen molar-refractivity contribution in [2.75, 3.05) is 6.54 Å². The van der Waals surface area contributed by atoms with Crippen molar-refractivity contribution < 1.29 is 13.7 Å². The Kier molecular flexibility index (Phi) is 5.06. The Bertz CT molecular complexity index is 971. The van der Waals surface area contributed by atoms with Crippen LogP contribution < -0.4 is 5.32 Å². The van der Waals surface area contributed by atoms with E-state index in [1.807, 2.05) is 31.2 Å². The molecule has 1 aromatic heterocycles. The second kappa shape index (κ2) is 7.80. The highest BCUT2D eigenvalue weighted by molar-refractivity contribution is 5.75. The molecule has 28 heavy (non-hydrogen) atoms. The Morgan fingerprint density at radius 3 is 2.82 bits per heavy atom. The molecule has 0 saturated carbocycles. The van der Waals surface area contributed by atoms with E-state index in [0.717, 1.165) is 29.5 Å². The van der Waals surface area contributed by atoms with Gasteiger partial charge in [-0.05, 0) is 43.0 Å². The summed E-state index contributed by atoms with van der Waals surface area (Å²) >= 11 is 0. The highest BCUT2D eigenvalue weighted by Gasteiger charge is 2.34. The van der Waals surface area contributed by atoms with Gasteiger partial charge in [0.1, 0.15) is 11.9 Å². The van der Waals surface area contributed by atoms with E-state index in [1.165, 1.54) is 12.1 Å². The quantitative estimate of drug-likeness (QED) is 0.735. The van der Waals surface area contributed by atoms with Crippen molar-refractivity contribution in [2.24, 2.45) is 0 Å². The van der Waals surface area contributed by atoms with Gasteiger partial charge in [0.05, 0.1) is 0 Å². The zero-order valence-electron chi connectivity index (χ0n) is 15.6. The molecule has 0 bridgehead atoms. The van der Waals surface area contributed by atoms with E-state index in [9.17, 15) is 9.18 Å². The monoisotopic (exact) mass is 380 g/mol. The van der Waals surface area contributed by atoms with Crippen LogP contribution in [0.5, 0.6) is 0 Å². The molecule has 7 heteroatoms. The van der Waals surface area contributed by atoms with Crippen LogP contribution in [0.2, 0.25) is 0 Å². The molecule has 1 aliphatic rings. The Morgan fingerprint density at radius 2 is 2.04 bits per heavy atom. The number of hydrogen-bond donors (Lipinski definition) is 1. The van der Waals surface area contributed by atoms with Crippen LogP contribution in [-0.4, -0.2) is 27.6 Å². The van der Waals surface area contributed by atoms with Gasteiger partial charge in [-0.3, -0.25) is 0 Å². The van der Waals surface area contributed by atoms with Gasteiger partial charge in [-0.25, -0.2) is 9.18 Å². The molecule has 0 spiro atoms. The third kappa shape index (κ3) is 3.74.